The average Bonchev–Trinajstić information content (AvgIpc) is 3.12. The average molecular weight is 509 g/mol. The van der Waals surface area contributed by atoms with Gasteiger partial charge in [0.05, 0.1) is 23.0 Å². The molecule has 4 rings (SSSR count). The fourth-order valence-electron chi connectivity index (χ4n) is 3.46. The quantitative estimate of drug-likeness (QED) is 0.200. The first-order valence-corrected chi connectivity index (χ1v) is 11.8. The first-order chi connectivity index (χ1) is 17.4. The van der Waals surface area contributed by atoms with Gasteiger partial charge in [0.15, 0.2) is 11.5 Å². The number of hydrogen-bond donors (Lipinski definition) is 0. The van der Waals surface area contributed by atoms with Crippen LogP contribution in [0.2, 0.25) is 0 Å². The van der Waals surface area contributed by atoms with E-state index in [0.717, 1.165) is 22.2 Å². The number of carbonyl (C=O) groups is 2. The number of thioether (sulfide) groups is 1. The van der Waals surface area contributed by atoms with Gasteiger partial charge in [0.2, 0.25) is 0 Å². The molecule has 0 radical (unpaired) electrons. The number of hydrogen-bond acceptors (Lipinski definition) is 7. The van der Waals surface area contributed by atoms with Crippen molar-refractivity contribution < 1.29 is 28.4 Å². The van der Waals surface area contributed by atoms with Crippen molar-refractivity contribution in [2.45, 2.75) is 20.1 Å². The highest BCUT2D eigenvalue weighted by Gasteiger charge is 2.35. The van der Waals surface area contributed by atoms with Gasteiger partial charge in [-0.25, -0.2) is 4.39 Å². The standard InChI is InChI=1S/C26H21FN2O6S/c1-2-34-23-13-18(9-12-22(23)35-16-17-7-10-20(11-8-17)29(32)33)14-24-25(30)28(26(31)36-24)15-19-5-3-4-6-21(19)27/h3-14H,2,15-16H2,1H3/b24-14+. The Hall–Kier alpha value is -4.18. The zero-order valence-corrected chi connectivity index (χ0v) is 20.0. The van der Waals surface area contributed by atoms with E-state index in [1.165, 1.54) is 24.3 Å². The molecule has 2 amide bonds. The van der Waals surface area contributed by atoms with Gasteiger partial charge >= 0.3 is 0 Å². The highest BCUT2D eigenvalue weighted by Crippen LogP contribution is 2.36. The molecule has 184 valence electrons. The number of imide groups is 1. The second-order valence-corrected chi connectivity index (χ2v) is 8.70. The van der Waals surface area contributed by atoms with Crippen LogP contribution in [0.25, 0.3) is 6.08 Å². The summed E-state index contributed by atoms with van der Waals surface area (Å²) < 4.78 is 25.5. The fraction of sp³-hybridized carbons (Fsp3) is 0.154. The van der Waals surface area contributed by atoms with Crippen LogP contribution in [-0.4, -0.2) is 27.6 Å². The maximum Gasteiger partial charge on any atom is 0.293 e. The van der Waals surface area contributed by atoms with E-state index in [2.05, 4.69) is 0 Å². The number of ether oxygens (including phenoxy) is 2. The van der Waals surface area contributed by atoms with E-state index in [0.29, 0.717) is 23.7 Å². The van der Waals surface area contributed by atoms with Gasteiger partial charge in [-0.3, -0.25) is 24.6 Å². The summed E-state index contributed by atoms with van der Waals surface area (Å²) in [4.78, 5) is 36.8. The Bertz CT molecular complexity index is 1340. The minimum absolute atomic E-state index is 0.00331. The van der Waals surface area contributed by atoms with E-state index >= 15 is 0 Å². The number of nitro benzene ring substituents is 1. The van der Waals surface area contributed by atoms with Crippen molar-refractivity contribution in [2.24, 2.45) is 0 Å². The molecule has 0 aromatic heterocycles. The summed E-state index contributed by atoms with van der Waals surface area (Å²) in [6.45, 7) is 2.22. The van der Waals surface area contributed by atoms with E-state index < -0.39 is 21.9 Å². The summed E-state index contributed by atoms with van der Waals surface area (Å²) in [7, 11) is 0. The van der Waals surface area contributed by atoms with Crippen molar-refractivity contribution in [3.8, 4) is 11.5 Å². The Morgan fingerprint density at radius 3 is 2.47 bits per heavy atom. The molecule has 36 heavy (non-hydrogen) atoms. The zero-order chi connectivity index (χ0) is 25.7. The Morgan fingerprint density at radius 1 is 1.03 bits per heavy atom. The van der Waals surface area contributed by atoms with Crippen LogP contribution >= 0.6 is 11.8 Å². The summed E-state index contributed by atoms with van der Waals surface area (Å²) in [5, 5.41) is 10.3. The molecule has 3 aromatic rings. The topological polar surface area (TPSA) is 99.0 Å². The van der Waals surface area contributed by atoms with E-state index in [9.17, 15) is 24.1 Å². The Balaban J connectivity index is 1.49. The van der Waals surface area contributed by atoms with Crippen LogP contribution in [0.5, 0.6) is 11.5 Å². The number of halogens is 1. The van der Waals surface area contributed by atoms with Gasteiger partial charge < -0.3 is 9.47 Å². The minimum Gasteiger partial charge on any atom is -0.490 e. The van der Waals surface area contributed by atoms with Crippen LogP contribution in [0, 0.1) is 15.9 Å². The summed E-state index contributed by atoms with van der Waals surface area (Å²) in [5.41, 5.74) is 1.62. The summed E-state index contributed by atoms with van der Waals surface area (Å²) >= 11 is 0.792. The molecule has 0 atom stereocenters. The van der Waals surface area contributed by atoms with E-state index in [1.54, 1.807) is 48.5 Å². The second kappa shape index (κ2) is 11.0. The summed E-state index contributed by atoms with van der Waals surface area (Å²) in [6, 6.07) is 17.2. The van der Waals surface area contributed by atoms with Crippen molar-refractivity contribution in [3.63, 3.8) is 0 Å². The first kappa shape index (κ1) is 24.9. The van der Waals surface area contributed by atoms with Gasteiger partial charge in [0, 0.05) is 17.7 Å². The smallest absolute Gasteiger partial charge is 0.293 e. The molecule has 1 aliphatic rings. The van der Waals surface area contributed by atoms with Gasteiger partial charge in [-0.15, -0.1) is 0 Å². The minimum atomic E-state index is -0.496. The summed E-state index contributed by atoms with van der Waals surface area (Å²) in [5.74, 6) is -0.0744. The Labute approximate surface area is 210 Å². The highest BCUT2D eigenvalue weighted by atomic mass is 32.2. The number of benzene rings is 3. The molecular weight excluding hydrogens is 487 g/mol. The lowest BCUT2D eigenvalue weighted by atomic mass is 10.1. The lowest BCUT2D eigenvalue weighted by Crippen LogP contribution is -2.27. The van der Waals surface area contributed by atoms with Crippen molar-refractivity contribution in [3.05, 3.63) is 104 Å². The van der Waals surface area contributed by atoms with Gasteiger partial charge in [-0.05, 0) is 66.2 Å². The number of nitro groups is 1. The molecule has 0 bridgehead atoms. The zero-order valence-electron chi connectivity index (χ0n) is 19.2. The van der Waals surface area contributed by atoms with E-state index in [4.69, 9.17) is 9.47 Å². The maximum absolute atomic E-state index is 14.0. The largest absolute Gasteiger partial charge is 0.490 e. The SMILES string of the molecule is CCOc1cc(/C=C2/SC(=O)N(Cc3ccccc3F)C2=O)ccc1OCc1ccc([N+](=O)[O-])cc1. The highest BCUT2D eigenvalue weighted by molar-refractivity contribution is 8.18. The monoisotopic (exact) mass is 508 g/mol. The van der Waals surface area contributed by atoms with Crippen LogP contribution < -0.4 is 9.47 Å². The lowest BCUT2D eigenvalue weighted by Gasteiger charge is -2.13. The molecule has 0 spiro atoms. The van der Waals surface area contributed by atoms with E-state index in [1.807, 2.05) is 6.92 Å². The van der Waals surface area contributed by atoms with Crippen molar-refractivity contribution in [1.29, 1.82) is 0 Å². The third-order valence-electron chi connectivity index (χ3n) is 5.27. The van der Waals surface area contributed by atoms with Crippen molar-refractivity contribution >= 4 is 34.7 Å². The van der Waals surface area contributed by atoms with Crippen molar-refractivity contribution in [1.82, 2.24) is 4.90 Å². The van der Waals surface area contributed by atoms with Gasteiger partial charge in [-0.2, -0.15) is 0 Å². The number of amides is 2. The molecule has 0 saturated carbocycles. The third kappa shape index (κ3) is 5.72. The first-order valence-electron chi connectivity index (χ1n) is 11.0. The fourth-order valence-corrected chi connectivity index (χ4v) is 4.30. The lowest BCUT2D eigenvalue weighted by molar-refractivity contribution is -0.384. The van der Waals surface area contributed by atoms with E-state index in [-0.39, 0.29) is 29.3 Å². The van der Waals surface area contributed by atoms with Gasteiger partial charge in [-0.1, -0.05) is 24.3 Å². The molecular formula is C26H21FN2O6S. The van der Waals surface area contributed by atoms with Crippen LogP contribution in [-0.2, 0) is 17.9 Å². The number of carbonyl (C=O) groups excluding carboxylic acids is 2. The molecule has 1 heterocycles. The number of rotatable bonds is 9. The molecule has 0 N–H and O–H groups in total. The van der Waals surface area contributed by atoms with Crippen LogP contribution in [0.3, 0.4) is 0 Å². The van der Waals surface area contributed by atoms with Crippen LogP contribution in [0.1, 0.15) is 23.6 Å². The predicted octanol–water partition coefficient (Wildman–Crippen LogP) is 5.95. The van der Waals surface area contributed by atoms with Gasteiger partial charge in [0.25, 0.3) is 16.8 Å². The third-order valence-corrected chi connectivity index (χ3v) is 6.17. The molecule has 1 saturated heterocycles. The van der Waals surface area contributed by atoms with Gasteiger partial charge in [0.1, 0.15) is 12.4 Å². The molecule has 3 aromatic carbocycles. The Kier molecular flexibility index (Phi) is 7.65. The second-order valence-electron chi connectivity index (χ2n) is 7.71. The van der Waals surface area contributed by atoms with Crippen LogP contribution in [0.15, 0.2) is 71.6 Å². The maximum atomic E-state index is 14.0. The summed E-state index contributed by atoms with van der Waals surface area (Å²) in [6.07, 6.45) is 1.58. The molecule has 0 unspecified atom stereocenters. The molecule has 8 nitrogen and oxygen atoms in total. The molecule has 1 aliphatic heterocycles. The predicted molar refractivity (Wildman–Crippen MR) is 133 cm³/mol. The number of nitrogens with zero attached hydrogens (tertiary/aromatic N) is 2. The normalized spacial score (nSPS) is 14.4. The number of non-ortho nitro benzene ring substituents is 1. The van der Waals surface area contributed by atoms with Crippen molar-refractivity contribution in [2.75, 3.05) is 6.61 Å². The Morgan fingerprint density at radius 2 is 1.78 bits per heavy atom. The van der Waals surface area contributed by atoms with Crippen LogP contribution in [0.4, 0.5) is 14.9 Å². The molecule has 10 heteroatoms. The molecule has 0 aliphatic carbocycles. The molecule has 1 fully saturated rings.